The molecular formula is C14H16F3NO3. The number of carbonyl (C=O) groups is 2. The second-order valence-corrected chi connectivity index (χ2v) is 4.75. The van der Waals surface area contributed by atoms with Crippen LogP contribution in [0.5, 0.6) is 0 Å². The van der Waals surface area contributed by atoms with Crippen molar-refractivity contribution < 1.29 is 27.5 Å². The summed E-state index contributed by atoms with van der Waals surface area (Å²) in [4.78, 5) is 22.7. The van der Waals surface area contributed by atoms with E-state index < -0.39 is 30.2 Å². The number of alkyl halides is 3. The third-order valence-electron chi connectivity index (χ3n) is 2.44. The van der Waals surface area contributed by atoms with Gasteiger partial charge in [0.05, 0.1) is 12.0 Å². The highest BCUT2D eigenvalue weighted by atomic mass is 19.4. The Morgan fingerprint density at radius 1 is 1.19 bits per heavy atom. The van der Waals surface area contributed by atoms with Crippen LogP contribution in [-0.4, -0.2) is 24.5 Å². The molecule has 4 nitrogen and oxygen atoms in total. The van der Waals surface area contributed by atoms with E-state index in [4.69, 9.17) is 4.74 Å². The highest BCUT2D eigenvalue weighted by Gasteiger charge is 2.29. The Balaban J connectivity index is 2.46. The molecule has 1 rings (SSSR count). The van der Waals surface area contributed by atoms with E-state index in [2.05, 4.69) is 5.32 Å². The maximum absolute atomic E-state index is 12.4. The first-order chi connectivity index (χ1) is 9.68. The summed E-state index contributed by atoms with van der Waals surface area (Å²) in [6, 6.07) is 4.14. The quantitative estimate of drug-likeness (QED) is 0.849. The fourth-order valence-electron chi connectivity index (χ4n) is 1.54. The molecule has 0 aromatic heterocycles. The predicted octanol–water partition coefficient (Wildman–Crippen LogP) is 2.32. The monoisotopic (exact) mass is 303 g/mol. The SMILES string of the molecule is CC(C)NC(=O)COC(=O)Cc1ccc(C(F)(F)F)cc1. The summed E-state index contributed by atoms with van der Waals surface area (Å²) >= 11 is 0. The van der Waals surface area contributed by atoms with Crippen molar-refractivity contribution in [1.82, 2.24) is 5.32 Å². The smallest absolute Gasteiger partial charge is 0.416 e. The minimum atomic E-state index is -4.41. The Kier molecular flexibility index (Phi) is 5.75. The Labute approximate surface area is 120 Å². The number of benzene rings is 1. The molecule has 0 unspecified atom stereocenters. The van der Waals surface area contributed by atoms with Crippen molar-refractivity contribution in [3.63, 3.8) is 0 Å². The van der Waals surface area contributed by atoms with Crippen molar-refractivity contribution in [2.45, 2.75) is 32.5 Å². The Morgan fingerprint density at radius 3 is 2.24 bits per heavy atom. The number of hydrogen-bond acceptors (Lipinski definition) is 3. The number of carbonyl (C=O) groups excluding carboxylic acids is 2. The van der Waals surface area contributed by atoms with Crippen molar-refractivity contribution in [3.8, 4) is 0 Å². The lowest BCUT2D eigenvalue weighted by Crippen LogP contribution is -2.34. The molecule has 0 saturated carbocycles. The lowest BCUT2D eigenvalue weighted by molar-refractivity contribution is -0.148. The molecule has 0 atom stereocenters. The van der Waals surface area contributed by atoms with Crippen LogP contribution < -0.4 is 5.32 Å². The molecule has 1 amide bonds. The van der Waals surface area contributed by atoms with Crippen LogP contribution in [0.1, 0.15) is 25.0 Å². The van der Waals surface area contributed by atoms with Gasteiger partial charge in [-0.1, -0.05) is 12.1 Å². The molecule has 0 heterocycles. The van der Waals surface area contributed by atoms with Crippen LogP contribution >= 0.6 is 0 Å². The minimum absolute atomic E-state index is 0.0638. The van der Waals surface area contributed by atoms with Crippen LogP contribution in [-0.2, 0) is 26.9 Å². The Morgan fingerprint density at radius 2 is 1.76 bits per heavy atom. The first kappa shape index (κ1) is 17.0. The first-order valence-corrected chi connectivity index (χ1v) is 6.29. The maximum atomic E-state index is 12.4. The van der Waals surface area contributed by atoms with Gasteiger partial charge in [0.2, 0.25) is 0 Å². The van der Waals surface area contributed by atoms with Crippen LogP contribution in [0, 0.1) is 0 Å². The van der Waals surface area contributed by atoms with Gasteiger partial charge in [-0.3, -0.25) is 9.59 Å². The lowest BCUT2D eigenvalue weighted by Gasteiger charge is -2.09. The number of halogens is 3. The average molecular weight is 303 g/mol. The highest BCUT2D eigenvalue weighted by Crippen LogP contribution is 2.29. The van der Waals surface area contributed by atoms with E-state index in [1.807, 2.05) is 0 Å². The van der Waals surface area contributed by atoms with Gasteiger partial charge in [-0.2, -0.15) is 13.2 Å². The van der Waals surface area contributed by atoms with E-state index in [1.165, 1.54) is 12.1 Å². The highest BCUT2D eigenvalue weighted by molar-refractivity contribution is 5.81. The molecule has 21 heavy (non-hydrogen) atoms. The van der Waals surface area contributed by atoms with E-state index in [0.29, 0.717) is 5.56 Å². The number of rotatable bonds is 5. The third-order valence-corrected chi connectivity index (χ3v) is 2.44. The van der Waals surface area contributed by atoms with Gasteiger partial charge >= 0.3 is 12.1 Å². The van der Waals surface area contributed by atoms with Crippen molar-refractivity contribution in [1.29, 1.82) is 0 Å². The topological polar surface area (TPSA) is 55.4 Å². The predicted molar refractivity (Wildman–Crippen MR) is 69.4 cm³/mol. The van der Waals surface area contributed by atoms with E-state index >= 15 is 0 Å². The second kappa shape index (κ2) is 7.10. The van der Waals surface area contributed by atoms with E-state index in [0.717, 1.165) is 12.1 Å². The largest absolute Gasteiger partial charge is 0.455 e. The number of ether oxygens (including phenoxy) is 1. The fourth-order valence-corrected chi connectivity index (χ4v) is 1.54. The molecule has 0 fully saturated rings. The van der Waals surface area contributed by atoms with Gasteiger partial charge in [0.15, 0.2) is 6.61 Å². The van der Waals surface area contributed by atoms with Gasteiger partial charge in [-0.05, 0) is 31.5 Å². The summed E-state index contributed by atoms with van der Waals surface area (Å²) in [7, 11) is 0. The normalized spacial score (nSPS) is 11.3. The van der Waals surface area contributed by atoms with Crippen LogP contribution in [0.15, 0.2) is 24.3 Å². The van der Waals surface area contributed by atoms with E-state index in [-0.39, 0.29) is 12.5 Å². The molecule has 0 aliphatic rings. The molecule has 0 bridgehead atoms. The summed E-state index contributed by atoms with van der Waals surface area (Å²) in [5, 5.41) is 2.54. The zero-order valence-corrected chi connectivity index (χ0v) is 11.7. The zero-order chi connectivity index (χ0) is 16.0. The molecule has 1 N–H and O–H groups in total. The number of hydrogen-bond donors (Lipinski definition) is 1. The van der Waals surface area contributed by atoms with Gasteiger partial charge in [-0.25, -0.2) is 0 Å². The fraction of sp³-hybridized carbons (Fsp3) is 0.429. The van der Waals surface area contributed by atoms with Crippen LogP contribution in [0.4, 0.5) is 13.2 Å². The summed E-state index contributed by atoms with van der Waals surface area (Å²) in [5.41, 5.74) is -0.395. The Hall–Kier alpha value is -2.05. The van der Waals surface area contributed by atoms with Gasteiger partial charge in [0.25, 0.3) is 5.91 Å². The molecule has 7 heteroatoms. The molecule has 0 radical (unpaired) electrons. The second-order valence-electron chi connectivity index (χ2n) is 4.75. The van der Waals surface area contributed by atoms with Crippen LogP contribution in [0.25, 0.3) is 0 Å². The molecule has 0 saturated heterocycles. The average Bonchev–Trinajstić information content (AvgIpc) is 2.35. The summed E-state index contributed by atoms with van der Waals surface area (Å²) in [6.45, 7) is 3.13. The molecule has 1 aromatic carbocycles. The zero-order valence-electron chi connectivity index (χ0n) is 11.7. The van der Waals surface area contributed by atoms with Crippen molar-refractivity contribution in [3.05, 3.63) is 35.4 Å². The molecule has 0 aliphatic heterocycles. The van der Waals surface area contributed by atoms with E-state index in [9.17, 15) is 22.8 Å². The summed E-state index contributed by atoms with van der Waals surface area (Å²) < 4.78 is 41.8. The molecule has 1 aromatic rings. The summed E-state index contributed by atoms with van der Waals surface area (Å²) in [5.74, 6) is -1.10. The molecule has 0 aliphatic carbocycles. The molecular weight excluding hydrogens is 287 g/mol. The molecule has 0 spiro atoms. The van der Waals surface area contributed by atoms with Crippen LogP contribution in [0.3, 0.4) is 0 Å². The van der Waals surface area contributed by atoms with Gasteiger partial charge in [0.1, 0.15) is 0 Å². The van der Waals surface area contributed by atoms with Gasteiger partial charge < -0.3 is 10.1 Å². The van der Waals surface area contributed by atoms with Crippen molar-refractivity contribution >= 4 is 11.9 Å². The van der Waals surface area contributed by atoms with E-state index in [1.54, 1.807) is 13.8 Å². The lowest BCUT2D eigenvalue weighted by atomic mass is 10.1. The van der Waals surface area contributed by atoms with Crippen molar-refractivity contribution in [2.75, 3.05) is 6.61 Å². The molecule has 116 valence electrons. The third kappa shape index (κ3) is 6.29. The van der Waals surface area contributed by atoms with Gasteiger partial charge in [-0.15, -0.1) is 0 Å². The number of amides is 1. The number of nitrogens with one attached hydrogen (secondary N) is 1. The first-order valence-electron chi connectivity index (χ1n) is 6.29. The number of esters is 1. The van der Waals surface area contributed by atoms with Gasteiger partial charge in [0, 0.05) is 6.04 Å². The van der Waals surface area contributed by atoms with Crippen molar-refractivity contribution in [2.24, 2.45) is 0 Å². The Bertz CT molecular complexity index is 495. The minimum Gasteiger partial charge on any atom is -0.455 e. The summed E-state index contributed by atoms with van der Waals surface area (Å²) in [6.07, 6.45) is -4.60. The maximum Gasteiger partial charge on any atom is 0.416 e. The van der Waals surface area contributed by atoms with Crippen LogP contribution in [0.2, 0.25) is 0 Å². The standard InChI is InChI=1S/C14H16F3NO3/c1-9(2)18-12(19)8-21-13(20)7-10-3-5-11(6-4-10)14(15,16)17/h3-6,9H,7-8H2,1-2H3,(H,18,19).